The minimum absolute atomic E-state index is 0.576. The van der Waals surface area contributed by atoms with E-state index < -0.39 is 5.41 Å². The molecule has 0 saturated carbocycles. The molecule has 278 valence electrons. The normalized spacial score (nSPS) is 13.0. The molecule has 3 nitrogen and oxygen atoms in total. The summed E-state index contributed by atoms with van der Waals surface area (Å²) in [5.41, 5.74) is 13.3. The number of rotatable bonds is 6. The highest BCUT2D eigenvalue weighted by Gasteiger charge is 2.51. The number of ether oxygens (including phenoxy) is 1. The van der Waals surface area contributed by atoms with Gasteiger partial charge in [-0.15, -0.1) is 11.3 Å². The highest BCUT2D eigenvalue weighted by Crippen LogP contribution is 2.62. The molecule has 0 atom stereocenters. The molecule has 9 aromatic carbocycles. The number of nitrogens with zero attached hydrogens (tertiary/aromatic N) is 2. The molecule has 0 radical (unpaired) electrons. The summed E-state index contributed by atoms with van der Waals surface area (Å²) in [4.78, 5) is 4.83. The lowest BCUT2D eigenvalue weighted by atomic mass is 9.66. The summed E-state index contributed by atoms with van der Waals surface area (Å²) < 4.78 is 9.34. The van der Waals surface area contributed by atoms with Crippen molar-refractivity contribution < 1.29 is 4.74 Å². The Balaban J connectivity index is 1.15. The number of hydrogen-bond donors (Lipinski definition) is 0. The van der Waals surface area contributed by atoms with Gasteiger partial charge in [0.2, 0.25) is 0 Å². The highest BCUT2D eigenvalue weighted by molar-refractivity contribution is 7.26. The first-order chi connectivity index (χ1) is 29.3. The molecule has 0 N–H and O–H groups in total. The Morgan fingerprint density at radius 1 is 0.356 bits per heavy atom. The third kappa shape index (κ3) is 5.07. The van der Waals surface area contributed by atoms with Crippen LogP contribution in [0.15, 0.2) is 218 Å². The van der Waals surface area contributed by atoms with Gasteiger partial charge in [0, 0.05) is 59.7 Å². The molecule has 1 aliphatic carbocycles. The average molecular weight is 773 g/mol. The van der Waals surface area contributed by atoms with Gasteiger partial charge in [0.05, 0.1) is 11.1 Å². The molecule has 59 heavy (non-hydrogen) atoms. The smallest absolute Gasteiger partial charge is 0.132 e. The average Bonchev–Trinajstić information content (AvgIpc) is 3.82. The molecule has 1 aromatic heterocycles. The monoisotopic (exact) mass is 772 g/mol. The fourth-order valence-corrected chi connectivity index (χ4v) is 10.9. The molecule has 4 heteroatoms. The lowest BCUT2D eigenvalue weighted by molar-refractivity contribution is 0.436. The first-order valence-electron chi connectivity index (χ1n) is 20.1. The van der Waals surface area contributed by atoms with Crippen LogP contribution >= 0.6 is 11.3 Å². The second kappa shape index (κ2) is 13.3. The van der Waals surface area contributed by atoms with Crippen molar-refractivity contribution in [2.45, 2.75) is 5.41 Å². The minimum Gasteiger partial charge on any atom is -0.457 e. The van der Waals surface area contributed by atoms with E-state index in [9.17, 15) is 0 Å². The predicted octanol–water partition coefficient (Wildman–Crippen LogP) is 15.5. The number of anilines is 6. The Labute approximate surface area is 347 Å². The van der Waals surface area contributed by atoms with Crippen molar-refractivity contribution >= 4 is 65.6 Å². The third-order valence-corrected chi connectivity index (χ3v) is 13.2. The molecule has 2 heterocycles. The summed E-state index contributed by atoms with van der Waals surface area (Å²) in [5.74, 6) is 1.76. The molecule has 2 aliphatic rings. The molecule has 12 rings (SSSR count). The largest absolute Gasteiger partial charge is 0.457 e. The second-order valence-corrected chi connectivity index (χ2v) is 16.3. The molecule has 0 saturated heterocycles. The Bertz CT molecular complexity index is 3130. The Morgan fingerprint density at radius 2 is 0.881 bits per heavy atom. The fourth-order valence-electron chi connectivity index (χ4n) is 9.71. The maximum atomic E-state index is 6.86. The zero-order valence-corrected chi connectivity index (χ0v) is 32.8. The topological polar surface area (TPSA) is 15.7 Å². The molecule has 0 amide bonds. The van der Waals surface area contributed by atoms with E-state index in [4.69, 9.17) is 4.74 Å². The van der Waals surface area contributed by atoms with Gasteiger partial charge in [-0.25, -0.2) is 0 Å². The standard InChI is InChI=1S/C55H36N2OS/c1-4-18-37(19-5-1)56(41-35-49(54-44-26-12-17-31-52(44)59-53(54)36-41)57(38-20-6-2-7-21-38)39-22-8-3-9-23-39)40-32-33-51-48(34-40)55(47-29-15-16-30-50(47)58-51)45-27-13-10-24-42(45)43-25-11-14-28-46(43)55/h1-36H. The van der Waals surface area contributed by atoms with Crippen molar-refractivity contribution in [2.75, 3.05) is 9.80 Å². The molecular formula is C55H36N2OS. The van der Waals surface area contributed by atoms with Crippen LogP contribution in [0.2, 0.25) is 0 Å². The lowest BCUT2D eigenvalue weighted by Crippen LogP contribution is -2.32. The molecule has 0 bridgehead atoms. The van der Waals surface area contributed by atoms with Crippen molar-refractivity contribution in [3.63, 3.8) is 0 Å². The molecule has 10 aromatic rings. The van der Waals surface area contributed by atoms with Gasteiger partial charge in [-0.2, -0.15) is 0 Å². The fraction of sp³-hybridized carbons (Fsp3) is 0.0182. The van der Waals surface area contributed by atoms with Crippen molar-refractivity contribution in [1.29, 1.82) is 0 Å². The van der Waals surface area contributed by atoms with Gasteiger partial charge >= 0.3 is 0 Å². The summed E-state index contributed by atoms with van der Waals surface area (Å²) in [7, 11) is 0. The molecular weight excluding hydrogens is 737 g/mol. The van der Waals surface area contributed by atoms with Crippen molar-refractivity contribution in [3.8, 4) is 22.6 Å². The van der Waals surface area contributed by atoms with Gasteiger partial charge in [0.25, 0.3) is 0 Å². The van der Waals surface area contributed by atoms with Crippen LogP contribution in [-0.4, -0.2) is 0 Å². The highest BCUT2D eigenvalue weighted by atomic mass is 32.1. The van der Waals surface area contributed by atoms with Crippen LogP contribution in [0.1, 0.15) is 22.3 Å². The Kier molecular flexibility index (Phi) is 7.62. The summed E-state index contributed by atoms with van der Waals surface area (Å²) in [5, 5.41) is 2.49. The number of hydrogen-bond acceptors (Lipinski definition) is 4. The first kappa shape index (κ1) is 33.7. The van der Waals surface area contributed by atoms with E-state index in [1.807, 2.05) is 11.3 Å². The van der Waals surface area contributed by atoms with Crippen LogP contribution in [0, 0.1) is 0 Å². The lowest BCUT2D eigenvalue weighted by Gasteiger charge is -2.40. The van der Waals surface area contributed by atoms with E-state index in [2.05, 4.69) is 228 Å². The number of para-hydroxylation sites is 4. The van der Waals surface area contributed by atoms with E-state index in [1.54, 1.807) is 0 Å². The summed E-state index contributed by atoms with van der Waals surface area (Å²) in [6.07, 6.45) is 0. The van der Waals surface area contributed by atoms with E-state index >= 15 is 0 Å². The number of fused-ring (bicyclic) bond motifs is 12. The Morgan fingerprint density at radius 3 is 1.54 bits per heavy atom. The molecule has 1 aliphatic heterocycles. The van der Waals surface area contributed by atoms with E-state index in [1.165, 1.54) is 42.4 Å². The molecule has 0 unspecified atom stereocenters. The Hall–Kier alpha value is -7.40. The second-order valence-electron chi connectivity index (χ2n) is 15.2. The number of thiophene rings is 1. The van der Waals surface area contributed by atoms with Crippen LogP contribution in [-0.2, 0) is 5.41 Å². The zero-order valence-electron chi connectivity index (χ0n) is 32.0. The van der Waals surface area contributed by atoms with Crippen molar-refractivity contribution in [3.05, 3.63) is 241 Å². The van der Waals surface area contributed by atoms with Crippen LogP contribution < -0.4 is 14.5 Å². The zero-order chi connectivity index (χ0) is 38.9. The van der Waals surface area contributed by atoms with Crippen LogP contribution in [0.4, 0.5) is 34.1 Å². The summed E-state index contributed by atoms with van der Waals surface area (Å²) >= 11 is 1.85. The maximum Gasteiger partial charge on any atom is 0.132 e. The number of benzene rings is 9. The predicted molar refractivity (Wildman–Crippen MR) is 246 cm³/mol. The van der Waals surface area contributed by atoms with Gasteiger partial charge in [0.15, 0.2) is 0 Å². The van der Waals surface area contributed by atoms with Gasteiger partial charge in [-0.05, 0) is 101 Å². The molecule has 0 fully saturated rings. The minimum atomic E-state index is -0.576. The van der Waals surface area contributed by atoms with Crippen LogP contribution in [0.25, 0.3) is 31.3 Å². The van der Waals surface area contributed by atoms with E-state index in [0.717, 1.165) is 56.8 Å². The van der Waals surface area contributed by atoms with E-state index in [-0.39, 0.29) is 0 Å². The SMILES string of the molecule is c1ccc(N(c2ccc3c(c2)C2(c4ccccc4O3)c3ccccc3-c3ccccc32)c2cc(N(c3ccccc3)c3ccccc3)c3c(c2)sc2ccccc23)cc1. The van der Waals surface area contributed by atoms with Gasteiger partial charge in [-0.3, -0.25) is 0 Å². The third-order valence-electron chi connectivity index (χ3n) is 12.1. The van der Waals surface area contributed by atoms with Gasteiger partial charge < -0.3 is 14.5 Å². The maximum absolute atomic E-state index is 6.86. The first-order valence-corrected chi connectivity index (χ1v) is 20.9. The summed E-state index contributed by atoms with van der Waals surface area (Å²) in [6.45, 7) is 0. The van der Waals surface area contributed by atoms with Crippen LogP contribution in [0.5, 0.6) is 11.5 Å². The van der Waals surface area contributed by atoms with E-state index in [0.29, 0.717) is 0 Å². The molecule has 1 spiro atoms. The summed E-state index contributed by atoms with van der Waals surface area (Å²) in [6, 6.07) is 79.0. The van der Waals surface area contributed by atoms with Crippen LogP contribution in [0.3, 0.4) is 0 Å². The van der Waals surface area contributed by atoms with Gasteiger partial charge in [0.1, 0.15) is 11.5 Å². The quantitative estimate of drug-likeness (QED) is 0.167. The van der Waals surface area contributed by atoms with Gasteiger partial charge in [-0.1, -0.05) is 140 Å². The van der Waals surface area contributed by atoms with Crippen molar-refractivity contribution in [2.24, 2.45) is 0 Å². The van der Waals surface area contributed by atoms with Crippen molar-refractivity contribution in [1.82, 2.24) is 0 Å².